The van der Waals surface area contributed by atoms with Crippen LogP contribution in [0.5, 0.6) is 0 Å². The van der Waals surface area contributed by atoms with Crippen LogP contribution in [0.4, 0.5) is 0 Å². The van der Waals surface area contributed by atoms with Crippen molar-refractivity contribution >= 4 is 29.0 Å². The summed E-state index contributed by atoms with van der Waals surface area (Å²) in [5, 5.41) is 4.35. The van der Waals surface area contributed by atoms with Gasteiger partial charge in [-0.15, -0.1) is 0 Å². The summed E-state index contributed by atoms with van der Waals surface area (Å²) >= 11 is -1.17. The number of halogens is 1. The van der Waals surface area contributed by atoms with Crippen LogP contribution in [-0.2, 0) is 21.5 Å². The molecule has 0 saturated heterocycles. The molecule has 0 atom stereocenters. The molecule has 0 amide bonds. The summed E-state index contributed by atoms with van der Waals surface area (Å²) < 4.78 is -2.12. The summed E-state index contributed by atoms with van der Waals surface area (Å²) in [6.07, 6.45) is 3.44. The van der Waals surface area contributed by atoms with E-state index >= 15 is 0 Å². The summed E-state index contributed by atoms with van der Waals surface area (Å²) in [5.41, 5.74) is 1.32. The van der Waals surface area contributed by atoms with Gasteiger partial charge in [0.15, 0.2) is 0 Å². The molecule has 3 rings (SSSR count). The number of allylic oxidation sites excluding steroid dienone is 1. The Morgan fingerprint density at radius 2 is 1.24 bits per heavy atom. The van der Waals surface area contributed by atoms with E-state index in [1.807, 2.05) is 0 Å². The van der Waals surface area contributed by atoms with Crippen molar-refractivity contribution in [1.29, 1.82) is 0 Å². The van der Waals surface area contributed by atoms with Crippen molar-refractivity contribution in [2.24, 2.45) is 0 Å². The van der Waals surface area contributed by atoms with Gasteiger partial charge in [0.05, 0.1) is 0 Å². The molecule has 3 heteroatoms. The summed E-state index contributed by atoms with van der Waals surface area (Å²) in [6, 6.07) is 32.8. The van der Waals surface area contributed by atoms with Crippen LogP contribution in [0.25, 0.3) is 5.31 Å². The molecule has 0 bridgehead atoms. The summed E-state index contributed by atoms with van der Waals surface area (Å²) in [5.74, 6) is 0. The van der Waals surface area contributed by atoms with Crippen molar-refractivity contribution in [2.45, 2.75) is 13.3 Å². The van der Waals surface area contributed by atoms with Gasteiger partial charge >= 0.3 is 166 Å². The second kappa shape index (κ2) is 9.09. The Balaban J connectivity index is 2.32. The molecule has 126 valence electrons. The standard InChI is InChI=1S/C22H21P.ClH.Zr/c1-2-12-22(19-13-6-3-7-14-19)23(20-15-8-4-9-16-20)21-17-10-5-11-18-21;;/h3-18H,2H2,1H3;1H;. The van der Waals surface area contributed by atoms with Gasteiger partial charge in [-0.3, -0.25) is 0 Å². The van der Waals surface area contributed by atoms with Crippen LogP contribution in [0.1, 0.15) is 18.9 Å². The molecule has 0 aliphatic heterocycles. The van der Waals surface area contributed by atoms with Crippen molar-refractivity contribution in [3.05, 3.63) is 103 Å². The quantitative estimate of drug-likeness (QED) is 0.410. The van der Waals surface area contributed by atoms with Gasteiger partial charge in [-0.25, -0.2) is 0 Å². The molecule has 0 spiro atoms. The third kappa shape index (κ3) is 3.90. The Kier molecular flexibility index (Phi) is 6.83. The second-order valence-corrected chi connectivity index (χ2v) is 19.6. The first-order valence-electron chi connectivity index (χ1n) is 8.58. The normalized spacial score (nSPS) is 12.6. The molecular formula is C22H22ClPZr. The van der Waals surface area contributed by atoms with E-state index in [9.17, 15) is 0 Å². The Morgan fingerprint density at radius 1 is 0.800 bits per heavy atom. The zero-order chi connectivity index (χ0) is 17.5. The monoisotopic (exact) mass is 442 g/mol. The molecule has 0 unspecified atom stereocenters. The van der Waals surface area contributed by atoms with Gasteiger partial charge in [-0.05, 0) is 0 Å². The summed E-state index contributed by atoms with van der Waals surface area (Å²) in [4.78, 5) is 0. The third-order valence-electron chi connectivity index (χ3n) is 4.45. The first kappa shape index (κ1) is 18.8. The van der Waals surface area contributed by atoms with Crippen LogP contribution in [0.3, 0.4) is 0 Å². The van der Waals surface area contributed by atoms with Crippen LogP contribution in [0, 0.1) is 0 Å². The average Bonchev–Trinajstić information content (AvgIpc) is 2.70. The zero-order valence-electron chi connectivity index (χ0n) is 14.3. The summed E-state index contributed by atoms with van der Waals surface area (Å²) in [7, 11) is 6.96. The maximum absolute atomic E-state index is 6.96. The fourth-order valence-corrected chi connectivity index (χ4v) is 19.4. The van der Waals surface area contributed by atoms with E-state index in [2.05, 4.69) is 104 Å². The Labute approximate surface area is 165 Å². The van der Waals surface area contributed by atoms with Gasteiger partial charge in [0, 0.05) is 0 Å². The number of hydrogen-bond donors (Lipinski definition) is 0. The predicted octanol–water partition coefficient (Wildman–Crippen LogP) is 5.99. The van der Waals surface area contributed by atoms with Gasteiger partial charge in [0.2, 0.25) is 0 Å². The van der Waals surface area contributed by atoms with E-state index in [-0.39, 0.29) is 0 Å². The van der Waals surface area contributed by atoms with E-state index in [1.165, 1.54) is 21.5 Å². The Morgan fingerprint density at radius 3 is 1.64 bits per heavy atom. The molecule has 0 aliphatic rings. The first-order valence-corrected chi connectivity index (χ1v) is 17.4. The fourth-order valence-electron chi connectivity index (χ4n) is 3.32. The van der Waals surface area contributed by atoms with Crippen molar-refractivity contribution < 1.29 is 21.5 Å². The molecule has 0 fully saturated rings. The van der Waals surface area contributed by atoms with Crippen LogP contribution < -0.4 is 10.6 Å². The molecule has 0 aliphatic carbocycles. The van der Waals surface area contributed by atoms with Crippen LogP contribution in [0.2, 0.25) is 0 Å². The predicted molar refractivity (Wildman–Crippen MR) is 111 cm³/mol. The molecule has 3 aromatic carbocycles. The van der Waals surface area contributed by atoms with Crippen molar-refractivity contribution in [3.8, 4) is 0 Å². The average molecular weight is 444 g/mol. The molecule has 0 N–H and O–H groups in total. The van der Waals surface area contributed by atoms with E-state index in [0.717, 1.165) is 6.42 Å². The van der Waals surface area contributed by atoms with Gasteiger partial charge in [-0.1, -0.05) is 0 Å². The van der Waals surface area contributed by atoms with Gasteiger partial charge < -0.3 is 0 Å². The molecule has 3 aromatic rings. The molecule has 0 aromatic heterocycles. The van der Waals surface area contributed by atoms with Gasteiger partial charge in [-0.2, -0.15) is 0 Å². The number of rotatable bonds is 6. The minimum atomic E-state index is -2.12. The summed E-state index contributed by atoms with van der Waals surface area (Å²) in [6.45, 7) is 2.22. The number of benzene rings is 3. The first-order chi connectivity index (χ1) is 12.3. The molecule has 0 radical (unpaired) electrons. The van der Waals surface area contributed by atoms with Crippen LogP contribution in [-0.4, -0.2) is 0 Å². The molecular weight excluding hydrogens is 422 g/mol. The van der Waals surface area contributed by atoms with Crippen molar-refractivity contribution in [2.75, 3.05) is 0 Å². The third-order valence-corrected chi connectivity index (χ3v) is 21.8. The van der Waals surface area contributed by atoms with Crippen LogP contribution >= 0.6 is 13.1 Å². The maximum atomic E-state index is 6.96. The zero-order valence-corrected chi connectivity index (χ0v) is 18.5. The van der Waals surface area contributed by atoms with Crippen LogP contribution in [0.15, 0.2) is 97.1 Å². The Bertz CT molecular complexity index is 777. The SMILES string of the molecule is CCC=C(c1ccccc1)[PH]([Zr][Cl])(c1ccccc1)c1ccccc1. The van der Waals surface area contributed by atoms with Gasteiger partial charge in [0.1, 0.15) is 0 Å². The van der Waals surface area contributed by atoms with Gasteiger partial charge in [0.25, 0.3) is 0 Å². The molecule has 0 saturated carbocycles. The molecule has 0 heterocycles. The molecule has 0 nitrogen and oxygen atoms in total. The fraction of sp³-hybridized carbons (Fsp3) is 0.0909. The second-order valence-electron chi connectivity index (χ2n) is 5.97. The Hall–Kier alpha value is -0.997. The topological polar surface area (TPSA) is 0 Å². The molecule has 25 heavy (non-hydrogen) atoms. The number of hydrogen-bond acceptors (Lipinski definition) is 0. The van der Waals surface area contributed by atoms with E-state index < -0.39 is 26.0 Å². The van der Waals surface area contributed by atoms with Crippen molar-refractivity contribution in [3.63, 3.8) is 0 Å². The van der Waals surface area contributed by atoms with Crippen molar-refractivity contribution in [1.82, 2.24) is 0 Å². The minimum absolute atomic E-state index is 1.02. The van der Waals surface area contributed by atoms with E-state index in [4.69, 9.17) is 8.51 Å². The van der Waals surface area contributed by atoms with E-state index in [1.54, 1.807) is 0 Å². The van der Waals surface area contributed by atoms with E-state index in [0.29, 0.717) is 0 Å².